The monoisotopic (exact) mass is 601 g/mol. The summed E-state index contributed by atoms with van der Waals surface area (Å²) in [7, 11) is 0. The number of para-hydroxylation sites is 2. The predicted molar refractivity (Wildman–Crippen MR) is 152 cm³/mol. The number of aliphatic carboxylic acids is 1. The molecule has 0 amide bonds. The Morgan fingerprint density at radius 3 is 2.11 bits per heavy atom. The number of nitrogens with zero attached hydrogens (tertiary/aromatic N) is 5. The molecule has 0 aliphatic carbocycles. The Bertz CT molecular complexity index is 1720. The van der Waals surface area contributed by atoms with Crippen molar-refractivity contribution in [1.82, 2.24) is 4.98 Å². The number of azide groups is 1. The lowest BCUT2D eigenvalue weighted by Crippen LogP contribution is -2.39. The largest absolute Gasteiger partial charge is 0.542 e. The summed E-state index contributed by atoms with van der Waals surface area (Å²) in [5, 5.41) is 12.4. The van der Waals surface area contributed by atoms with Crippen LogP contribution in [0.3, 0.4) is 0 Å². The van der Waals surface area contributed by atoms with E-state index in [9.17, 15) is 13.2 Å². The molecule has 0 unspecified atom stereocenters. The molecule has 0 saturated heterocycles. The fourth-order valence-electron chi connectivity index (χ4n) is 5.11. The number of ether oxygens (including phenoxy) is 2. The molecule has 6 rings (SSSR count). The minimum absolute atomic E-state index is 0.555. The lowest BCUT2D eigenvalue weighted by atomic mass is 9.86. The van der Waals surface area contributed by atoms with Crippen molar-refractivity contribution in [2.45, 2.75) is 38.4 Å². The van der Waals surface area contributed by atoms with E-state index in [2.05, 4.69) is 39.0 Å². The second kappa shape index (κ2) is 13.3. The number of aromatic nitrogens is 2. The van der Waals surface area contributed by atoms with Crippen molar-refractivity contribution in [2.24, 2.45) is 5.11 Å². The minimum atomic E-state index is -5.19. The second-order valence-electron chi connectivity index (χ2n) is 9.86. The normalized spacial score (nSPS) is 14.2. The van der Waals surface area contributed by atoms with Crippen molar-refractivity contribution in [2.75, 3.05) is 6.54 Å². The molecule has 0 atom stereocenters. The highest BCUT2D eigenvalue weighted by molar-refractivity contribution is 6.08. The van der Waals surface area contributed by atoms with E-state index in [4.69, 9.17) is 29.9 Å². The summed E-state index contributed by atoms with van der Waals surface area (Å²) in [5.41, 5.74) is 14.5. The van der Waals surface area contributed by atoms with Gasteiger partial charge in [0.25, 0.3) is 5.69 Å². The van der Waals surface area contributed by atoms with Crippen LogP contribution in [0.2, 0.25) is 0 Å². The van der Waals surface area contributed by atoms with Crippen molar-refractivity contribution in [1.29, 1.82) is 0 Å². The van der Waals surface area contributed by atoms with Crippen molar-refractivity contribution in [3.8, 4) is 23.0 Å². The number of halogens is 3. The van der Waals surface area contributed by atoms with Gasteiger partial charge < -0.3 is 19.4 Å². The molecular weight excluding hydrogens is 575 g/mol. The number of benzene rings is 2. The van der Waals surface area contributed by atoms with Gasteiger partial charge in [-0.1, -0.05) is 47.9 Å². The Kier molecular flexibility index (Phi) is 9.11. The standard InChI is InChI=1S/C30H26N5O2.C2HF3O2/c31-34-33-18-7-1-2-8-19-35-20-10-16-26-30(35)28(22-12-4-6-14-24(22)37-26)27-21-11-3-5-13-23(21)36-25-15-9-17-32-29(25)27;3-2(4,5)1(6)7/h3-6,9-17,20H,1-2,7-8,18-19H2;(H,6,7)/q+1;/p-1. The number of pyridine rings is 2. The molecular formula is C32H26F3N5O4. The molecule has 4 heterocycles. The van der Waals surface area contributed by atoms with E-state index in [0.29, 0.717) is 6.54 Å². The number of unbranched alkanes of at least 4 members (excludes halogenated alkanes) is 3. The van der Waals surface area contributed by atoms with Crippen LogP contribution < -0.4 is 19.1 Å². The Labute approximate surface area is 250 Å². The number of aryl methyl sites for hydroxylation is 1. The van der Waals surface area contributed by atoms with Gasteiger partial charge in [0.05, 0.1) is 5.57 Å². The Balaban J connectivity index is 0.000000493. The molecule has 0 bridgehead atoms. The van der Waals surface area contributed by atoms with Crippen molar-refractivity contribution < 1.29 is 37.1 Å². The number of hydrogen-bond donors (Lipinski definition) is 0. The van der Waals surface area contributed by atoms with Gasteiger partial charge in [0, 0.05) is 46.8 Å². The zero-order valence-electron chi connectivity index (χ0n) is 23.3. The third-order valence-corrected chi connectivity index (χ3v) is 6.98. The van der Waals surface area contributed by atoms with E-state index >= 15 is 0 Å². The molecule has 0 spiro atoms. The molecule has 4 aromatic rings. The van der Waals surface area contributed by atoms with Gasteiger partial charge in [-0.15, -0.1) is 0 Å². The summed E-state index contributed by atoms with van der Waals surface area (Å²) >= 11 is 0. The van der Waals surface area contributed by atoms with Gasteiger partial charge in [-0.2, -0.15) is 17.7 Å². The number of rotatable bonds is 7. The molecule has 2 aromatic carbocycles. The Hall–Kier alpha value is -5.35. The van der Waals surface area contributed by atoms with Gasteiger partial charge in [-0.25, -0.2) is 0 Å². The highest BCUT2D eigenvalue weighted by atomic mass is 19.4. The molecule has 2 aromatic heterocycles. The fourth-order valence-corrected chi connectivity index (χ4v) is 5.11. The topological polar surface area (TPSA) is 124 Å². The first-order valence-corrected chi connectivity index (χ1v) is 13.9. The third kappa shape index (κ3) is 6.50. The minimum Gasteiger partial charge on any atom is -0.542 e. The molecule has 44 heavy (non-hydrogen) atoms. The lowest BCUT2D eigenvalue weighted by Gasteiger charge is -2.27. The van der Waals surface area contributed by atoms with E-state index in [-0.39, 0.29) is 0 Å². The van der Waals surface area contributed by atoms with Crippen LogP contribution in [-0.4, -0.2) is 23.7 Å². The van der Waals surface area contributed by atoms with E-state index in [1.807, 2.05) is 60.8 Å². The first kappa shape index (κ1) is 30.1. The Morgan fingerprint density at radius 2 is 1.43 bits per heavy atom. The second-order valence-corrected chi connectivity index (χ2v) is 9.86. The smallest absolute Gasteiger partial charge is 0.430 e. The first-order chi connectivity index (χ1) is 21.3. The molecule has 9 nitrogen and oxygen atoms in total. The average molecular weight is 602 g/mol. The van der Waals surface area contributed by atoms with Crippen LogP contribution in [0.15, 0.2) is 90.3 Å². The lowest BCUT2D eigenvalue weighted by molar-refractivity contribution is -0.699. The summed E-state index contributed by atoms with van der Waals surface area (Å²) in [6.07, 6.45) is 2.76. The number of alkyl halides is 3. The third-order valence-electron chi connectivity index (χ3n) is 6.98. The van der Waals surface area contributed by atoms with Crippen molar-refractivity contribution >= 4 is 17.1 Å². The summed E-state index contributed by atoms with van der Waals surface area (Å²) in [6, 6.07) is 24.3. The van der Waals surface area contributed by atoms with Gasteiger partial charge in [0.15, 0.2) is 17.7 Å². The van der Waals surface area contributed by atoms with Gasteiger partial charge in [0.2, 0.25) is 0 Å². The molecule has 0 saturated carbocycles. The van der Waals surface area contributed by atoms with Gasteiger partial charge in [-0.3, -0.25) is 4.98 Å². The van der Waals surface area contributed by atoms with E-state index in [1.165, 1.54) is 0 Å². The van der Waals surface area contributed by atoms with Crippen LogP contribution in [0.1, 0.15) is 48.2 Å². The highest BCUT2D eigenvalue weighted by Crippen LogP contribution is 2.51. The van der Waals surface area contributed by atoms with Crippen LogP contribution >= 0.6 is 0 Å². The maximum absolute atomic E-state index is 10.5. The number of carbonyl (C=O) groups excluding carboxylic acids is 1. The maximum Gasteiger partial charge on any atom is 0.430 e. The number of carboxylic acid groups (broad SMARTS) is 1. The van der Waals surface area contributed by atoms with Crippen LogP contribution in [0.25, 0.3) is 21.6 Å². The summed E-state index contributed by atoms with van der Waals surface area (Å²) < 4.78 is 46.5. The number of carboxylic acids is 1. The molecule has 0 N–H and O–H groups in total. The number of fused-ring (bicyclic) bond motifs is 4. The zero-order chi connectivity index (χ0) is 31.1. The SMILES string of the molecule is O=C([O-])C(F)(F)F.[N-]=[N+]=NCCCCCC[n+]1cccc2c1C(=C1c3ccccc3Oc3cccnc31)c1ccccc1O2. The van der Waals surface area contributed by atoms with E-state index in [1.54, 1.807) is 0 Å². The Morgan fingerprint density at radius 1 is 0.841 bits per heavy atom. The zero-order valence-corrected chi connectivity index (χ0v) is 23.3. The molecule has 0 fully saturated rings. The summed E-state index contributed by atoms with van der Waals surface area (Å²) in [4.78, 5) is 16.4. The van der Waals surface area contributed by atoms with Crippen molar-refractivity contribution in [3.05, 3.63) is 118 Å². The molecule has 2 aliphatic heterocycles. The molecule has 12 heteroatoms. The van der Waals surface area contributed by atoms with Gasteiger partial charge in [0.1, 0.15) is 29.7 Å². The maximum atomic E-state index is 10.5. The highest BCUT2D eigenvalue weighted by Gasteiger charge is 2.36. The van der Waals surface area contributed by atoms with Gasteiger partial charge >= 0.3 is 6.18 Å². The summed E-state index contributed by atoms with van der Waals surface area (Å²) in [5.74, 6) is 0.214. The summed E-state index contributed by atoms with van der Waals surface area (Å²) in [6.45, 7) is 1.40. The number of hydrogen-bond acceptors (Lipinski definition) is 6. The van der Waals surface area contributed by atoms with Crippen LogP contribution in [0, 0.1) is 0 Å². The van der Waals surface area contributed by atoms with E-state index in [0.717, 1.165) is 88.9 Å². The fraction of sp³-hybridized carbons (Fsp3) is 0.219. The number of carbonyl (C=O) groups is 1. The average Bonchev–Trinajstić information content (AvgIpc) is 3.02. The van der Waals surface area contributed by atoms with Crippen LogP contribution in [0.4, 0.5) is 13.2 Å². The van der Waals surface area contributed by atoms with E-state index < -0.39 is 12.1 Å². The molecule has 0 radical (unpaired) electrons. The van der Waals surface area contributed by atoms with Crippen LogP contribution in [-0.2, 0) is 11.3 Å². The predicted octanol–water partition coefficient (Wildman–Crippen LogP) is 6.76. The first-order valence-electron chi connectivity index (χ1n) is 13.9. The molecule has 224 valence electrons. The van der Waals surface area contributed by atoms with Gasteiger partial charge in [-0.05, 0) is 48.7 Å². The van der Waals surface area contributed by atoms with Crippen LogP contribution in [0.5, 0.6) is 23.0 Å². The molecule has 2 aliphatic rings. The van der Waals surface area contributed by atoms with Crippen molar-refractivity contribution in [3.63, 3.8) is 0 Å². The quantitative estimate of drug-likeness (QED) is 0.0658.